The Kier molecular flexibility index (Phi) is 3.34. The average molecular weight is 314 g/mol. The van der Waals surface area contributed by atoms with Gasteiger partial charge >= 0.3 is 0 Å². The molecular formula is C18H19FN2O2. The maximum absolute atomic E-state index is 13.9. The third kappa shape index (κ3) is 2.22. The smallest absolute Gasteiger partial charge is 0.272 e. The molecule has 1 saturated carbocycles. The van der Waals surface area contributed by atoms with E-state index in [1.807, 2.05) is 0 Å². The molecule has 2 atom stereocenters. The molecule has 1 saturated heterocycles. The van der Waals surface area contributed by atoms with Crippen LogP contribution in [0, 0.1) is 17.2 Å². The van der Waals surface area contributed by atoms with Crippen LogP contribution in [-0.2, 0) is 0 Å². The van der Waals surface area contributed by atoms with Crippen LogP contribution >= 0.6 is 0 Å². The van der Waals surface area contributed by atoms with Crippen LogP contribution in [0.15, 0.2) is 30.3 Å². The summed E-state index contributed by atoms with van der Waals surface area (Å²) in [4.78, 5) is 18.8. The second-order valence-electron chi connectivity index (χ2n) is 6.80. The first-order chi connectivity index (χ1) is 11.1. The van der Waals surface area contributed by atoms with Gasteiger partial charge in [0.05, 0.1) is 6.61 Å². The SMILES string of the molecule is O=C(c1ccc2cccc(F)c2n1)N1C[C@@H]2CCC[C@]2(CO)C1. The van der Waals surface area contributed by atoms with Crippen LogP contribution in [0.1, 0.15) is 29.8 Å². The molecule has 4 rings (SSSR count). The summed E-state index contributed by atoms with van der Waals surface area (Å²) in [5, 5.41) is 10.5. The summed E-state index contributed by atoms with van der Waals surface area (Å²) < 4.78 is 13.9. The third-order valence-corrected chi connectivity index (χ3v) is 5.53. The molecule has 23 heavy (non-hydrogen) atoms. The van der Waals surface area contributed by atoms with Crippen LogP contribution < -0.4 is 0 Å². The summed E-state index contributed by atoms with van der Waals surface area (Å²) in [5.41, 5.74) is 0.364. The largest absolute Gasteiger partial charge is 0.396 e. The first-order valence-corrected chi connectivity index (χ1v) is 8.08. The molecule has 2 fully saturated rings. The predicted octanol–water partition coefficient (Wildman–Crippen LogP) is 2.61. The summed E-state index contributed by atoms with van der Waals surface area (Å²) in [7, 11) is 0. The number of rotatable bonds is 2. The van der Waals surface area contributed by atoms with E-state index in [0.29, 0.717) is 24.4 Å². The van der Waals surface area contributed by atoms with Gasteiger partial charge in [-0.15, -0.1) is 0 Å². The van der Waals surface area contributed by atoms with Crippen molar-refractivity contribution in [2.75, 3.05) is 19.7 Å². The number of likely N-dealkylation sites (tertiary alicyclic amines) is 1. The monoisotopic (exact) mass is 314 g/mol. The Balaban J connectivity index is 1.64. The molecule has 1 amide bonds. The number of benzene rings is 1. The van der Waals surface area contributed by atoms with Gasteiger partial charge in [0.2, 0.25) is 0 Å². The zero-order valence-electron chi connectivity index (χ0n) is 12.8. The number of aromatic nitrogens is 1. The number of fused-ring (bicyclic) bond motifs is 2. The summed E-state index contributed by atoms with van der Waals surface area (Å²) in [6, 6.07) is 8.15. The lowest BCUT2D eigenvalue weighted by molar-refractivity contribution is 0.0729. The van der Waals surface area contributed by atoms with Crippen LogP contribution in [0.3, 0.4) is 0 Å². The number of aliphatic hydroxyl groups is 1. The highest BCUT2D eigenvalue weighted by Gasteiger charge is 2.50. The number of nitrogens with zero attached hydrogens (tertiary/aromatic N) is 2. The molecule has 1 N–H and O–H groups in total. The van der Waals surface area contributed by atoms with Crippen molar-refractivity contribution in [2.24, 2.45) is 11.3 Å². The molecule has 2 heterocycles. The lowest BCUT2D eigenvalue weighted by Gasteiger charge is -2.25. The number of carbonyl (C=O) groups is 1. The van der Waals surface area contributed by atoms with Gasteiger partial charge in [-0.25, -0.2) is 9.37 Å². The van der Waals surface area contributed by atoms with Crippen molar-refractivity contribution >= 4 is 16.8 Å². The maximum atomic E-state index is 13.9. The number of halogens is 1. The maximum Gasteiger partial charge on any atom is 0.272 e. The van der Waals surface area contributed by atoms with E-state index in [9.17, 15) is 14.3 Å². The van der Waals surface area contributed by atoms with Gasteiger partial charge < -0.3 is 10.0 Å². The zero-order valence-corrected chi connectivity index (χ0v) is 12.8. The molecule has 1 aromatic carbocycles. The molecule has 0 bridgehead atoms. The summed E-state index contributed by atoms with van der Waals surface area (Å²) in [6.45, 7) is 1.36. The molecule has 4 nitrogen and oxygen atoms in total. The molecule has 120 valence electrons. The molecular weight excluding hydrogens is 295 g/mol. The van der Waals surface area contributed by atoms with Gasteiger partial charge in [-0.2, -0.15) is 0 Å². The Morgan fingerprint density at radius 3 is 3.04 bits per heavy atom. The molecule has 1 aromatic heterocycles. The molecule has 0 spiro atoms. The Hall–Kier alpha value is -2.01. The summed E-state index contributed by atoms with van der Waals surface area (Å²) in [5.74, 6) is -0.215. The van der Waals surface area contributed by atoms with Gasteiger partial charge in [0, 0.05) is 23.9 Å². The molecule has 0 unspecified atom stereocenters. The van der Waals surface area contributed by atoms with E-state index in [1.54, 1.807) is 29.2 Å². The Labute approximate surface area is 133 Å². The fourth-order valence-corrected chi connectivity index (χ4v) is 4.22. The van der Waals surface area contributed by atoms with Gasteiger partial charge in [0.25, 0.3) is 5.91 Å². The number of amides is 1. The number of hydrogen-bond acceptors (Lipinski definition) is 3. The van der Waals surface area contributed by atoms with Crippen molar-refractivity contribution < 1.29 is 14.3 Å². The zero-order chi connectivity index (χ0) is 16.0. The summed E-state index contributed by atoms with van der Waals surface area (Å²) in [6.07, 6.45) is 3.15. The van der Waals surface area contributed by atoms with Crippen molar-refractivity contribution in [3.05, 3.63) is 41.8 Å². The molecule has 5 heteroatoms. The van der Waals surface area contributed by atoms with Gasteiger partial charge in [0.15, 0.2) is 0 Å². The van der Waals surface area contributed by atoms with Crippen LogP contribution in [0.2, 0.25) is 0 Å². The average Bonchev–Trinajstić information content (AvgIpc) is 3.11. The highest BCUT2D eigenvalue weighted by atomic mass is 19.1. The first kappa shape index (κ1) is 14.6. The van der Waals surface area contributed by atoms with E-state index in [4.69, 9.17) is 0 Å². The van der Waals surface area contributed by atoms with Crippen LogP contribution in [-0.4, -0.2) is 40.6 Å². The van der Waals surface area contributed by atoms with Crippen molar-refractivity contribution in [3.63, 3.8) is 0 Å². The number of aliphatic hydroxyl groups excluding tert-OH is 1. The number of hydrogen-bond donors (Lipinski definition) is 1. The van der Waals surface area contributed by atoms with Crippen molar-refractivity contribution in [3.8, 4) is 0 Å². The second kappa shape index (κ2) is 5.27. The molecule has 2 aliphatic rings. The highest BCUT2D eigenvalue weighted by Crippen LogP contribution is 2.48. The van der Waals surface area contributed by atoms with Gasteiger partial charge in [-0.1, -0.05) is 24.6 Å². The third-order valence-electron chi connectivity index (χ3n) is 5.53. The van der Waals surface area contributed by atoms with Crippen LogP contribution in [0.4, 0.5) is 4.39 Å². The van der Waals surface area contributed by atoms with Crippen LogP contribution in [0.5, 0.6) is 0 Å². The lowest BCUT2D eigenvalue weighted by atomic mass is 9.82. The predicted molar refractivity (Wildman–Crippen MR) is 84.5 cm³/mol. The van der Waals surface area contributed by atoms with Gasteiger partial charge in [-0.05, 0) is 30.9 Å². The van der Waals surface area contributed by atoms with Crippen molar-refractivity contribution in [2.45, 2.75) is 19.3 Å². The van der Waals surface area contributed by atoms with E-state index in [-0.39, 0.29) is 29.1 Å². The summed E-state index contributed by atoms with van der Waals surface area (Å²) >= 11 is 0. The minimum Gasteiger partial charge on any atom is -0.396 e. The van der Waals surface area contributed by atoms with E-state index >= 15 is 0 Å². The Bertz CT molecular complexity index is 779. The minimum absolute atomic E-state index is 0.126. The van der Waals surface area contributed by atoms with Crippen LogP contribution in [0.25, 0.3) is 10.9 Å². The Morgan fingerprint density at radius 1 is 1.39 bits per heavy atom. The number of carbonyl (C=O) groups excluding carboxylic acids is 1. The first-order valence-electron chi connectivity index (χ1n) is 8.08. The quantitative estimate of drug-likeness (QED) is 0.927. The van der Waals surface area contributed by atoms with Crippen molar-refractivity contribution in [1.29, 1.82) is 0 Å². The fraction of sp³-hybridized carbons (Fsp3) is 0.444. The van der Waals surface area contributed by atoms with Gasteiger partial charge in [0.1, 0.15) is 17.0 Å². The van der Waals surface area contributed by atoms with E-state index < -0.39 is 5.82 Å². The number of para-hydroxylation sites is 1. The minimum atomic E-state index is -0.415. The normalized spacial score (nSPS) is 26.7. The topological polar surface area (TPSA) is 53.4 Å². The molecule has 1 aliphatic carbocycles. The van der Waals surface area contributed by atoms with E-state index in [0.717, 1.165) is 19.3 Å². The van der Waals surface area contributed by atoms with E-state index in [2.05, 4.69) is 4.98 Å². The lowest BCUT2D eigenvalue weighted by Crippen LogP contribution is -2.34. The van der Waals surface area contributed by atoms with Crippen molar-refractivity contribution in [1.82, 2.24) is 9.88 Å². The Morgan fingerprint density at radius 2 is 2.26 bits per heavy atom. The fourth-order valence-electron chi connectivity index (χ4n) is 4.22. The highest BCUT2D eigenvalue weighted by molar-refractivity contribution is 5.95. The number of pyridine rings is 1. The van der Waals surface area contributed by atoms with E-state index in [1.165, 1.54) is 6.07 Å². The standard InChI is InChI=1S/C18H19FN2O2/c19-14-5-1-3-12-6-7-15(20-16(12)14)17(23)21-9-13-4-2-8-18(13,10-21)11-22/h1,3,5-7,13,22H,2,4,8-11H2/t13-,18+/m0/s1. The molecule has 2 aromatic rings. The van der Waals surface area contributed by atoms with Gasteiger partial charge in [-0.3, -0.25) is 4.79 Å². The molecule has 1 aliphatic heterocycles. The second-order valence-corrected chi connectivity index (χ2v) is 6.80. The molecule has 0 radical (unpaired) electrons.